The van der Waals surface area contributed by atoms with Gasteiger partial charge >= 0.3 is 0 Å². The van der Waals surface area contributed by atoms with E-state index < -0.39 is 0 Å². The lowest BCUT2D eigenvalue weighted by molar-refractivity contribution is 0.0898. The minimum atomic E-state index is -0.0584. The third-order valence-corrected chi connectivity index (χ3v) is 4.64. The van der Waals surface area contributed by atoms with Crippen LogP contribution >= 0.6 is 0 Å². The minimum Gasteiger partial charge on any atom is -0.497 e. The van der Waals surface area contributed by atoms with Crippen LogP contribution in [0.15, 0.2) is 57.9 Å². The monoisotopic (exact) mass is 397 g/mol. The summed E-state index contributed by atoms with van der Waals surface area (Å²) in [5.41, 5.74) is 0.469. The summed E-state index contributed by atoms with van der Waals surface area (Å²) in [7, 11) is 1.63. The molecule has 3 aromatic rings. The number of ether oxygens (including phenoxy) is 4. The molecule has 1 aliphatic heterocycles. The number of hydrogen-bond acceptors (Lipinski definition) is 7. The maximum absolute atomic E-state index is 11.7. The van der Waals surface area contributed by atoms with Gasteiger partial charge in [0.2, 0.25) is 0 Å². The van der Waals surface area contributed by atoms with E-state index >= 15 is 0 Å². The van der Waals surface area contributed by atoms with Crippen molar-refractivity contribution in [2.75, 3.05) is 33.4 Å². The Morgan fingerprint density at radius 3 is 2.90 bits per heavy atom. The summed E-state index contributed by atoms with van der Waals surface area (Å²) in [5.74, 6) is 2.86. The SMILES string of the molecule is COc1ccc2c(c1)OC(CNCCCOc1ccc3c(=O)ccoc3c1)CO2. The molecule has 2 heterocycles. The van der Waals surface area contributed by atoms with Crippen molar-refractivity contribution >= 4 is 11.0 Å². The summed E-state index contributed by atoms with van der Waals surface area (Å²) in [5, 5.41) is 3.91. The molecule has 0 saturated carbocycles. The molecule has 0 radical (unpaired) electrons. The summed E-state index contributed by atoms with van der Waals surface area (Å²) in [6, 6.07) is 12.2. The highest BCUT2D eigenvalue weighted by atomic mass is 16.6. The van der Waals surface area contributed by atoms with Crippen LogP contribution in [0.3, 0.4) is 0 Å². The van der Waals surface area contributed by atoms with Crippen LogP contribution in [0.25, 0.3) is 11.0 Å². The fraction of sp³-hybridized carbons (Fsp3) is 0.318. The lowest BCUT2D eigenvalue weighted by Gasteiger charge is -2.27. The first-order valence-electron chi connectivity index (χ1n) is 9.55. The summed E-state index contributed by atoms with van der Waals surface area (Å²) in [6.45, 7) is 2.52. The fourth-order valence-electron chi connectivity index (χ4n) is 3.13. The number of benzene rings is 2. The molecule has 0 amide bonds. The van der Waals surface area contributed by atoms with E-state index in [1.807, 2.05) is 18.2 Å². The Labute approximate surface area is 168 Å². The zero-order valence-electron chi connectivity index (χ0n) is 16.2. The van der Waals surface area contributed by atoms with Crippen LogP contribution in [0.4, 0.5) is 0 Å². The van der Waals surface area contributed by atoms with Gasteiger partial charge in [-0.15, -0.1) is 0 Å². The Bertz CT molecular complexity index is 1030. The second-order valence-corrected chi connectivity index (χ2v) is 6.71. The molecular formula is C22H23NO6. The highest BCUT2D eigenvalue weighted by Crippen LogP contribution is 2.34. The number of hydrogen-bond donors (Lipinski definition) is 1. The highest BCUT2D eigenvalue weighted by molar-refractivity contribution is 5.77. The molecule has 0 bridgehead atoms. The van der Waals surface area contributed by atoms with Gasteiger partial charge in [-0.3, -0.25) is 4.79 Å². The molecule has 0 aliphatic carbocycles. The predicted octanol–water partition coefficient (Wildman–Crippen LogP) is 3.00. The third kappa shape index (κ3) is 4.63. The van der Waals surface area contributed by atoms with E-state index in [0.717, 1.165) is 24.5 Å². The van der Waals surface area contributed by atoms with Crippen LogP contribution in [0.1, 0.15) is 6.42 Å². The first kappa shape index (κ1) is 19.1. The molecule has 0 spiro atoms. The number of methoxy groups -OCH3 is 1. The zero-order valence-corrected chi connectivity index (χ0v) is 16.2. The number of nitrogens with one attached hydrogen (secondary N) is 1. The van der Waals surface area contributed by atoms with Crippen LogP contribution in [0.2, 0.25) is 0 Å². The molecule has 1 aliphatic rings. The zero-order chi connectivity index (χ0) is 20.1. The normalized spacial score (nSPS) is 15.3. The van der Waals surface area contributed by atoms with Gasteiger partial charge < -0.3 is 28.7 Å². The predicted molar refractivity (Wildman–Crippen MR) is 108 cm³/mol. The first-order valence-corrected chi connectivity index (χ1v) is 9.55. The molecule has 7 nitrogen and oxygen atoms in total. The van der Waals surface area contributed by atoms with Gasteiger partial charge in [0.05, 0.1) is 25.4 Å². The molecule has 152 valence electrons. The van der Waals surface area contributed by atoms with E-state index in [2.05, 4.69) is 5.32 Å². The van der Waals surface area contributed by atoms with Crippen LogP contribution in [-0.2, 0) is 0 Å². The maximum Gasteiger partial charge on any atom is 0.192 e. The van der Waals surface area contributed by atoms with E-state index in [1.165, 1.54) is 12.3 Å². The molecule has 7 heteroatoms. The van der Waals surface area contributed by atoms with Crippen molar-refractivity contribution in [1.82, 2.24) is 5.32 Å². The van der Waals surface area contributed by atoms with Gasteiger partial charge in [-0.2, -0.15) is 0 Å². The minimum absolute atomic E-state index is 0.0566. The van der Waals surface area contributed by atoms with E-state index in [-0.39, 0.29) is 11.5 Å². The van der Waals surface area contributed by atoms with Crippen LogP contribution in [-0.4, -0.2) is 39.5 Å². The lowest BCUT2D eigenvalue weighted by atomic mass is 10.2. The Kier molecular flexibility index (Phi) is 5.86. The van der Waals surface area contributed by atoms with Gasteiger partial charge in [0.25, 0.3) is 0 Å². The van der Waals surface area contributed by atoms with E-state index in [1.54, 1.807) is 25.3 Å². The lowest BCUT2D eigenvalue weighted by Crippen LogP contribution is -2.39. The molecule has 1 unspecified atom stereocenters. The van der Waals surface area contributed by atoms with Crippen LogP contribution in [0, 0.1) is 0 Å². The van der Waals surface area contributed by atoms with Crippen LogP contribution in [0.5, 0.6) is 23.0 Å². The molecule has 4 rings (SSSR count). The average Bonchev–Trinajstić information content (AvgIpc) is 2.75. The molecular weight excluding hydrogens is 374 g/mol. The summed E-state index contributed by atoms with van der Waals surface area (Å²) < 4.78 is 28.0. The summed E-state index contributed by atoms with van der Waals surface area (Å²) in [4.78, 5) is 11.7. The van der Waals surface area contributed by atoms with E-state index in [0.29, 0.717) is 42.2 Å². The smallest absolute Gasteiger partial charge is 0.192 e. The quantitative estimate of drug-likeness (QED) is 0.586. The Hall–Kier alpha value is -3.19. The third-order valence-electron chi connectivity index (χ3n) is 4.64. The molecule has 0 saturated heterocycles. The van der Waals surface area contributed by atoms with Gasteiger partial charge in [0.15, 0.2) is 16.9 Å². The molecule has 29 heavy (non-hydrogen) atoms. The van der Waals surface area contributed by atoms with Crippen molar-refractivity contribution < 1.29 is 23.4 Å². The molecule has 0 fully saturated rings. The van der Waals surface area contributed by atoms with Crippen molar-refractivity contribution in [2.45, 2.75) is 12.5 Å². The number of rotatable bonds is 8. The second-order valence-electron chi connectivity index (χ2n) is 6.71. The Morgan fingerprint density at radius 2 is 2.00 bits per heavy atom. The van der Waals surface area contributed by atoms with E-state index in [4.69, 9.17) is 23.4 Å². The van der Waals surface area contributed by atoms with Crippen LogP contribution < -0.4 is 29.7 Å². The van der Waals surface area contributed by atoms with Crippen molar-refractivity contribution in [3.8, 4) is 23.0 Å². The Balaban J connectivity index is 1.18. The van der Waals surface area contributed by atoms with Gasteiger partial charge in [-0.1, -0.05) is 0 Å². The topological polar surface area (TPSA) is 79.2 Å². The highest BCUT2D eigenvalue weighted by Gasteiger charge is 2.21. The molecule has 1 atom stereocenters. The molecule has 1 aromatic heterocycles. The summed E-state index contributed by atoms with van der Waals surface area (Å²) in [6.07, 6.45) is 2.16. The van der Waals surface area contributed by atoms with Crippen molar-refractivity contribution in [1.29, 1.82) is 0 Å². The summed E-state index contributed by atoms with van der Waals surface area (Å²) >= 11 is 0. The Morgan fingerprint density at radius 1 is 1.10 bits per heavy atom. The van der Waals surface area contributed by atoms with Gasteiger partial charge in [-0.05, 0) is 37.2 Å². The van der Waals surface area contributed by atoms with Crippen molar-refractivity contribution in [3.05, 3.63) is 59.0 Å². The van der Waals surface area contributed by atoms with Crippen molar-refractivity contribution in [2.24, 2.45) is 0 Å². The molecule has 2 aromatic carbocycles. The largest absolute Gasteiger partial charge is 0.497 e. The average molecular weight is 397 g/mol. The van der Waals surface area contributed by atoms with Gasteiger partial charge in [0, 0.05) is 24.7 Å². The van der Waals surface area contributed by atoms with Gasteiger partial charge in [0.1, 0.15) is 29.8 Å². The maximum atomic E-state index is 11.7. The van der Waals surface area contributed by atoms with E-state index in [9.17, 15) is 4.79 Å². The standard InChI is InChI=1S/C22H23NO6/c1-25-15-4-6-20-22(11-15)29-17(14-28-20)13-23-8-2-9-26-16-3-5-18-19(24)7-10-27-21(18)12-16/h3-7,10-12,17,23H,2,8-9,13-14H2,1H3. The van der Waals surface area contributed by atoms with Gasteiger partial charge in [-0.25, -0.2) is 0 Å². The first-order chi connectivity index (χ1) is 14.2. The van der Waals surface area contributed by atoms with Crippen molar-refractivity contribution in [3.63, 3.8) is 0 Å². The fourth-order valence-corrected chi connectivity index (χ4v) is 3.13. The number of fused-ring (bicyclic) bond motifs is 2. The second kappa shape index (κ2) is 8.87. The molecule has 1 N–H and O–H groups in total.